The summed E-state index contributed by atoms with van der Waals surface area (Å²) in [6.45, 7) is 7.18. The third kappa shape index (κ3) is 4.83. The Hall–Kier alpha value is -3.92. The summed E-state index contributed by atoms with van der Waals surface area (Å²) >= 11 is 0. The first-order valence-electron chi connectivity index (χ1n) is 11.4. The number of nitrogens with zero attached hydrogens (tertiary/aromatic N) is 4. The van der Waals surface area contributed by atoms with Gasteiger partial charge in [0.05, 0.1) is 11.3 Å². The highest BCUT2D eigenvalue weighted by atomic mass is 16.6. The van der Waals surface area contributed by atoms with Crippen molar-refractivity contribution < 1.29 is 29.1 Å². The van der Waals surface area contributed by atoms with Gasteiger partial charge in [-0.3, -0.25) is 9.88 Å². The second kappa shape index (κ2) is 9.75. The van der Waals surface area contributed by atoms with Crippen molar-refractivity contribution in [2.75, 3.05) is 25.0 Å². The molecule has 3 heterocycles. The number of amides is 1. The van der Waals surface area contributed by atoms with Crippen molar-refractivity contribution in [2.45, 2.75) is 39.7 Å². The Morgan fingerprint density at radius 2 is 2.00 bits per heavy atom. The minimum Gasteiger partial charge on any atom is -0.508 e. The van der Waals surface area contributed by atoms with Gasteiger partial charge in [0.2, 0.25) is 0 Å². The highest BCUT2D eigenvalue weighted by molar-refractivity contribution is 6.03. The lowest BCUT2D eigenvalue weighted by Gasteiger charge is -2.24. The van der Waals surface area contributed by atoms with Gasteiger partial charge in [-0.05, 0) is 43.1 Å². The van der Waals surface area contributed by atoms with Gasteiger partial charge < -0.3 is 24.4 Å². The fourth-order valence-corrected chi connectivity index (χ4v) is 4.14. The number of hydrogen-bond donors (Lipinski definition) is 2. The number of carbonyl (C=O) groups is 2. The zero-order valence-electron chi connectivity index (χ0n) is 20.1. The van der Waals surface area contributed by atoms with E-state index in [1.54, 1.807) is 13.1 Å². The second-order valence-corrected chi connectivity index (χ2v) is 8.85. The molecule has 0 atom stereocenters. The van der Waals surface area contributed by atoms with E-state index < -0.39 is 12.1 Å². The molecule has 4 rings (SSSR count). The van der Waals surface area contributed by atoms with Crippen LogP contribution >= 0.6 is 0 Å². The Labute approximate surface area is 202 Å². The van der Waals surface area contributed by atoms with Crippen molar-refractivity contribution in [3.05, 3.63) is 53.2 Å². The predicted octanol–water partition coefficient (Wildman–Crippen LogP) is 4.06. The molecule has 0 bridgehead atoms. The molecule has 1 aliphatic heterocycles. The summed E-state index contributed by atoms with van der Waals surface area (Å²) in [5.74, 6) is -1.45. The molecule has 1 aliphatic rings. The lowest BCUT2D eigenvalue weighted by Crippen LogP contribution is -2.33. The van der Waals surface area contributed by atoms with Gasteiger partial charge in [0.25, 0.3) is 0 Å². The lowest BCUT2D eigenvalue weighted by atomic mass is 10.0. The Morgan fingerprint density at radius 1 is 1.23 bits per heavy atom. The summed E-state index contributed by atoms with van der Waals surface area (Å²) in [5.41, 5.74) is 3.56. The van der Waals surface area contributed by atoms with E-state index in [2.05, 4.69) is 15.0 Å². The van der Waals surface area contributed by atoms with E-state index >= 15 is 0 Å². The van der Waals surface area contributed by atoms with E-state index in [4.69, 9.17) is 9.26 Å². The van der Waals surface area contributed by atoms with Crippen LogP contribution in [-0.4, -0.2) is 57.5 Å². The van der Waals surface area contributed by atoms with Crippen LogP contribution in [0.1, 0.15) is 54.0 Å². The first-order chi connectivity index (χ1) is 16.7. The Balaban J connectivity index is 1.58. The molecule has 0 aliphatic carbocycles. The molecule has 1 aromatic carbocycles. The zero-order valence-corrected chi connectivity index (χ0v) is 20.1. The van der Waals surface area contributed by atoms with Crippen LogP contribution in [0.4, 0.5) is 10.5 Å². The third-order valence-electron chi connectivity index (χ3n) is 6.06. The Kier molecular flexibility index (Phi) is 6.74. The number of hydrogen-bond acceptors (Lipinski definition) is 9. The van der Waals surface area contributed by atoms with Crippen molar-refractivity contribution in [3.8, 4) is 22.6 Å². The molecule has 10 nitrogen and oxygen atoms in total. The molecule has 2 aromatic heterocycles. The number of phenols is 2. The normalized spacial score (nSPS) is 13.5. The van der Waals surface area contributed by atoms with E-state index in [1.807, 2.05) is 27.0 Å². The molecule has 1 amide bonds. The van der Waals surface area contributed by atoms with Gasteiger partial charge in [-0.2, -0.15) is 0 Å². The molecular formula is C25H28N4O6. The standard InChI is InChI=1S/C25H28N4O6/c1-5-29(20-9-17(14(2)3)21(30)10-22(20)31)25(33)35-24(32)23-18(13-34-27-23)15-8-16-12-28(4)7-6-19(16)26-11-15/h8-11,13-14,30-31H,5-7,12H2,1-4H3. The molecule has 0 fully saturated rings. The molecule has 0 unspecified atom stereocenters. The van der Waals surface area contributed by atoms with Crippen molar-refractivity contribution in [3.63, 3.8) is 0 Å². The monoisotopic (exact) mass is 480 g/mol. The zero-order chi connectivity index (χ0) is 25.3. The molecular weight excluding hydrogens is 452 g/mol. The molecule has 2 N–H and O–H groups in total. The van der Waals surface area contributed by atoms with Crippen LogP contribution in [0, 0.1) is 0 Å². The van der Waals surface area contributed by atoms with Crippen LogP contribution < -0.4 is 4.90 Å². The number of aromatic nitrogens is 2. The van der Waals surface area contributed by atoms with Crippen molar-refractivity contribution in [1.29, 1.82) is 0 Å². The van der Waals surface area contributed by atoms with Crippen LogP contribution in [0.3, 0.4) is 0 Å². The molecule has 184 valence electrons. The summed E-state index contributed by atoms with van der Waals surface area (Å²) in [5, 5.41) is 24.2. The molecule has 0 spiro atoms. The van der Waals surface area contributed by atoms with Crippen molar-refractivity contribution in [2.24, 2.45) is 0 Å². The topological polar surface area (TPSA) is 129 Å². The predicted molar refractivity (Wildman–Crippen MR) is 127 cm³/mol. The first-order valence-corrected chi connectivity index (χ1v) is 11.4. The SMILES string of the molecule is CCN(C(=O)OC(=O)c1nocc1-c1cnc2c(c1)CN(C)CC2)c1cc(C(C)C)c(O)cc1O. The van der Waals surface area contributed by atoms with Crippen LogP contribution in [0.15, 0.2) is 35.2 Å². The molecule has 35 heavy (non-hydrogen) atoms. The number of aromatic hydroxyl groups is 2. The summed E-state index contributed by atoms with van der Waals surface area (Å²) in [7, 11) is 2.03. The number of rotatable bonds is 5. The number of likely N-dealkylation sites (N-methyl/N-ethyl adjacent to an activating group) is 1. The van der Waals surface area contributed by atoms with Crippen LogP contribution in [-0.2, 0) is 17.7 Å². The van der Waals surface area contributed by atoms with Gasteiger partial charge in [0.1, 0.15) is 17.8 Å². The fraction of sp³-hybridized carbons (Fsp3) is 0.360. The van der Waals surface area contributed by atoms with E-state index in [9.17, 15) is 19.8 Å². The highest BCUT2D eigenvalue weighted by Gasteiger charge is 2.28. The maximum atomic E-state index is 12.9. The van der Waals surface area contributed by atoms with Gasteiger partial charge >= 0.3 is 12.1 Å². The van der Waals surface area contributed by atoms with E-state index in [-0.39, 0.29) is 35.3 Å². The molecule has 10 heteroatoms. The summed E-state index contributed by atoms with van der Waals surface area (Å²) in [6.07, 6.45) is 2.81. The summed E-state index contributed by atoms with van der Waals surface area (Å²) in [4.78, 5) is 33.6. The number of pyridine rings is 1. The molecule has 3 aromatic rings. The number of benzene rings is 1. The van der Waals surface area contributed by atoms with Crippen LogP contribution in [0.25, 0.3) is 11.1 Å². The minimum atomic E-state index is -0.993. The smallest absolute Gasteiger partial charge is 0.422 e. The van der Waals surface area contributed by atoms with Gasteiger partial charge in [0, 0.05) is 49.6 Å². The largest absolute Gasteiger partial charge is 0.508 e. The van der Waals surface area contributed by atoms with Crippen LogP contribution in [0.5, 0.6) is 11.5 Å². The number of phenolic OH excluding ortho intramolecular Hbond substituents is 2. The van der Waals surface area contributed by atoms with E-state index in [0.29, 0.717) is 16.7 Å². The van der Waals surface area contributed by atoms with Crippen LogP contribution in [0.2, 0.25) is 0 Å². The maximum absolute atomic E-state index is 12.9. The van der Waals surface area contributed by atoms with Crippen molar-refractivity contribution >= 4 is 17.7 Å². The number of fused-ring (bicyclic) bond motifs is 1. The van der Waals surface area contributed by atoms with Crippen molar-refractivity contribution in [1.82, 2.24) is 15.0 Å². The fourth-order valence-electron chi connectivity index (χ4n) is 4.14. The Morgan fingerprint density at radius 3 is 2.71 bits per heavy atom. The number of ether oxygens (including phenoxy) is 1. The summed E-state index contributed by atoms with van der Waals surface area (Å²) < 4.78 is 10.1. The van der Waals surface area contributed by atoms with E-state index in [1.165, 1.54) is 18.4 Å². The van der Waals surface area contributed by atoms with Gasteiger partial charge in [-0.15, -0.1) is 0 Å². The highest BCUT2D eigenvalue weighted by Crippen LogP contribution is 2.37. The van der Waals surface area contributed by atoms with Gasteiger partial charge in [0.15, 0.2) is 5.69 Å². The average Bonchev–Trinajstić information content (AvgIpc) is 3.30. The second-order valence-electron chi connectivity index (χ2n) is 8.85. The average molecular weight is 481 g/mol. The maximum Gasteiger partial charge on any atom is 0.422 e. The molecule has 0 saturated heterocycles. The third-order valence-corrected chi connectivity index (χ3v) is 6.06. The summed E-state index contributed by atoms with van der Waals surface area (Å²) in [6, 6.07) is 4.60. The number of anilines is 1. The minimum absolute atomic E-state index is 0.0617. The number of carbonyl (C=O) groups excluding carboxylic acids is 2. The lowest BCUT2D eigenvalue weighted by molar-refractivity contribution is 0.0624. The Bertz CT molecular complexity index is 1270. The molecule has 0 saturated carbocycles. The van der Waals surface area contributed by atoms with Gasteiger partial charge in [-0.25, -0.2) is 9.59 Å². The molecule has 0 radical (unpaired) electrons. The quantitative estimate of drug-likeness (QED) is 0.410. The van der Waals surface area contributed by atoms with Gasteiger partial charge in [-0.1, -0.05) is 19.0 Å². The number of esters is 1. The van der Waals surface area contributed by atoms with E-state index in [0.717, 1.165) is 35.7 Å². The first kappa shape index (κ1) is 24.2.